The Morgan fingerprint density at radius 2 is 2.00 bits per heavy atom. The van der Waals surface area contributed by atoms with Crippen LogP contribution in [0.4, 0.5) is 0 Å². The van der Waals surface area contributed by atoms with E-state index in [9.17, 15) is 5.11 Å². The largest absolute Gasteiger partial charge is 0.389 e. The summed E-state index contributed by atoms with van der Waals surface area (Å²) in [5, 5.41) is 10.6. The third-order valence-corrected chi connectivity index (χ3v) is 4.31. The van der Waals surface area contributed by atoms with Crippen LogP contribution in [0.25, 0.3) is 0 Å². The quantitative estimate of drug-likeness (QED) is 0.928. The number of aliphatic hydroxyl groups is 1. The molecule has 17 heavy (non-hydrogen) atoms. The van der Waals surface area contributed by atoms with Gasteiger partial charge >= 0.3 is 0 Å². The predicted molar refractivity (Wildman–Crippen MR) is 73.1 cm³/mol. The van der Waals surface area contributed by atoms with Gasteiger partial charge in [0.1, 0.15) is 5.03 Å². The Kier molecular flexibility index (Phi) is 4.20. The number of hydrogen-bond donors (Lipinski definition) is 1. The van der Waals surface area contributed by atoms with Gasteiger partial charge in [-0.3, -0.25) is 0 Å². The maximum absolute atomic E-state index is 9.71. The number of hydrogen-bond acceptors (Lipinski definition) is 3. The lowest BCUT2D eigenvalue weighted by Gasteiger charge is -2.11. The summed E-state index contributed by atoms with van der Waals surface area (Å²) in [4.78, 5) is 5.34. The summed E-state index contributed by atoms with van der Waals surface area (Å²) in [7, 11) is 0. The predicted octanol–water partition coefficient (Wildman–Crippen LogP) is 4.05. The molecule has 0 amide bonds. The lowest BCUT2D eigenvalue weighted by Crippen LogP contribution is -1.93. The van der Waals surface area contributed by atoms with E-state index in [2.05, 4.69) is 20.9 Å². The SMILES string of the molecule is CC(O)c1ccccc1Sc1ncccc1Br. The number of aliphatic hydroxyl groups excluding tert-OH is 1. The molecule has 0 spiro atoms. The van der Waals surface area contributed by atoms with Gasteiger partial charge in [-0.2, -0.15) is 0 Å². The number of aromatic nitrogens is 1. The third-order valence-electron chi connectivity index (χ3n) is 2.30. The van der Waals surface area contributed by atoms with E-state index in [-0.39, 0.29) is 0 Å². The van der Waals surface area contributed by atoms with E-state index >= 15 is 0 Å². The molecule has 1 N–H and O–H groups in total. The number of benzene rings is 1. The zero-order valence-electron chi connectivity index (χ0n) is 9.30. The fraction of sp³-hybridized carbons (Fsp3) is 0.154. The van der Waals surface area contributed by atoms with Crippen LogP contribution in [0, 0.1) is 0 Å². The molecule has 1 aromatic carbocycles. The molecule has 2 aromatic rings. The van der Waals surface area contributed by atoms with E-state index in [0.717, 1.165) is 20.0 Å². The van der Waals surface area contributed by atoms with Gasteiger partial charge in [0, 0.05) is 11.1 Å². The second-order valence-electron chi connectivity index (χ2n) is 3.61. The molecular weight excluding hydrogens is 298 g/mol. The first-order valence-corrected chi connectivity index (χ1v) is 6.85. The van der Waals surface area contributed by atoms with E-state index in [1.165, 1.54) is 0 Å². The lowest BCUT2D eigenvalue weighted by molar-refractivity contribution is 0.196. The van der Waals surface area contributed by atoms with Gasteiger partial charge in [0.25, 0.3) is 0 Å². The van der Waals surface area contributed by atoms with Crippen LogP contribution in [0.15, 0.2) is 57.0 Å². The maximum atomic E-state index is 9.71. The van der Waals surface area contributed by atoms with Crippen molar-refractivity contribution in [2.45, 2.75) is 22.9 Å². The molecule has 0 saturated heterocycles. The molecule has 88 valence electrons. The molecule has 0 aliphatic carbocycles. The highest BCUT2D eigenvalue weighted by Crippen LogP contribution is 2.35. The summed E-state index contributed by atoms with van der Waals surface area (Å²) in [6, 6.07) is 11.7. The number of rotatable bonds is 3. The number of pyridine rings is 1. The molecule has 1 unspecified atom stereocenters. The summed E-state index contributed by atoms with van der Waals surface area (Å²) in [6.45, 7) is 1.77. The summed E-state index contributed by atoms with van der Waals surface area (Å²) in [5.74, 6) is 0. The molecule has 1 heterocycles. The van der Waals surface area contributed by atoms with Crippen LogP contribution in [0.1, 0.15) is 18.6 Å². The Morgan fingerprint density at radius 1 is 1.24 bits per heavy atom. The minimum atomic E-state index is -0.471. The summed E-state index contributed by atoms with van der Waals surface area (Å²) >= 11 is 5.02. The molecule has 0 fully saturated rings. The van der Waals surface area contributed by atoms with Gasteiger partial charge in [-0.1, -0.05) is 30.0 Å². The van der Waals surface area contributed by atoms with Crippen molar-refractivity contribution in [3.05, 3.63) is 52.6 Å². The Morgan fingerprint density at radius 3 is 2.71 bits per heavy atom. The molecule has 0 bridgehead atoms. The standard InChI is InChI=1S/C13H12BrNOS/c1-9(16)10-5-2-3-7-12(10)17-13-11(14)6-4-8-15-13/h2-9,16H,1H3. The van der Waals surface area contributed by atoms with Crippen molar-refractivity contribution < 1.29 is 5.11 Å². The van der Waals surface area contributed by atoms with E-state index < -0.39 is 6.10 Å². The van der Waals surface area contributed by atoms with E-state index in [0.29, 0.717) is 0 Å². The first-order chi connectivity index (χ1) is 8.18. The van der Waals surface area contributed by atoms with Gasteiger partial charge in [-0.05, 0) is 46.6 Å². The lowest BCUT2D eigenvalue weighted by atomic mass is 10.1. The zero-order valence-corrected chi connectivity index (χ0v) is 11.7. The Hall–Kier alpha value is -0.840. The van der Waals surface area contributed by atoms with Gasteiger partial charge in [-0.25, -0.2) is 4.98 Å². The molecule has 4 heteroatoms. The average Bonchev–Trinajstić information content (AvgIpc) is 2.32. The highest BCUT2D eigenvalue weighted by Gasteiger charge is 2.10. The highest BCUT2D eigenvalue weighted by molar-refractivity contribution is 9.10. The second kappa shape index (κ2) is 5.67. The highest BCUT2D eigenvalue weighted by atomic mass is 79.9. The first-order valence-electron chi connectivity index (χ1n) is 5.24. The van der Waals surface area contributed by atoms with Gasteiger partial charge in [-0.15, -0.1) is 0 Å². The van der Waals surface area contributed by atoms with Crippen LogP contribution < -0.4 is 0 Å². The fourth-order valence-electron chi connectivity index (χ4n) is 1.47. The molecule has 1 aromatic heterocycles. The van der Waals surface area contributed by atoms with Gasteiger partial charge in [0.2, 0.25) is 0 Å². The zero-order chi connectivity index (χ0) is 12.3. The second-order valence-corrected chi connectivity index (χ2v) is 5.49. The first kappa shape index (κ1) is 12.6. The Labute approximate surface area is 113 Å². The average molecular weight is 310 g/mol. The molecule has 0 aliphatic heterocycles. The normalized spacial score (nSPS) is 12.4. The van der Waals surface area contributed by atoms with E-state index in [1.807, 2.05) is 36.4 Å². The van der Waals surface area contributed by atoms with Crippen molar-refractivity contribution in [1.29, 1.82) is 0 Å². The molecular formula is C13H12BrNOS. The monoisotopic (exact) mass is 309 g/mol. The van der Waals surface area contributed by atoms with Crippen molar-refractivity contribution in [1.82, 2.24) is 4.98 Å². The third kappa shape index (κ3) is 3.09. The Balaban J connectivity index is 2.34. The molecule has 0 aliphatic rings. The van der Waals surface area contributed by atoms with Gasteiger partial charge < -0.3 is 5.11 Å². The van der Waals surface area contributed by atoms with Crippen molar-refractivity contribution >= 4 is 27.7 Å². The number of halogens is 1. The minimum absolute atomic E-state index is 0.471. The fourth-order valence-corrected chi connectivity index (χ4v) is 2.96. The molecule has 0 radical (unpaired) electrons. The molecule has 2 nitrogen and oxygen atoms in total. The van der Waals surface area contributed by atoms with Crippen LogP contribution in [-0.4, -0.2) is 10.1 Å². The smallest absolute Gasteiger partial charge is 0.115 e. The van der Waals surface area contributed by atoms with Crippen molar-refractivity contribution in [3.8, 4) is 0 Å². The topological polar surface area (TPSA) is 33.1 Å². The molecule has 0 saturated carbocycles. The van der Waals surface area contributed by atoms with Crippen LogP contribution >= 0.6 is 27.7 Å². The van der Waals surface area contributed by atoms with E-state index in [1.54, 1.807) is 24.9 Å². The number of nitrogens with zero attached hydrogens (tertiary/aromatic N) is 1. The van der Waals surface area contributed by atoms with Crippen molar-refractivity contribution in [3.63, 3.8) is 0 Å². The van der Waals surface area contributed by atoms with Crippen LogP contribution in [-0.2, 0) is 0 Å². The summed E-state index contributed by atoms with van der Waals surface area (Å²) in [6.07, 6.45) is 1.29. The van der Waals surface area contributed by atoms with Crippen LogP contribution in [0.5, 0.6) is 0 Å². The summed E-state index contributed by atoms with van der Waals surface area (Å²) in [5.41, 5.74) is 0.926. The minimum Gasteiger partial charge on any atom is -0.389 e. The van der Waals surface area contributed by atoms with Crippen molar-refractivity contribution in [2.75, 3.05) is 0 Å². The van der Waals surface area contributed by atoms with Gasteiger partial charge in [0.05, 0.1) is 10.6 Å². The van der Waals surface area contributed by atoms with Crippen LogP contribution in [0.3, 0.4) is 0 Å². The summed E-state index contributed by atoms with van der Waals surface area (Å²) < 4.78 is 0.963. The van der Waals surface area contributed by atoms with Crippen LogP contribution in [0.2, 0.25) is 0 Å². The van der Waals surface area contributed by atoms with Gasteiger partial charge in [0.15, 0.2) is 0 Å². The maximum Gasteiger partial charge on any atom is 0.115 e. The molecule has 1 atom stereocenters. The van der Waals surface area contributed by atoms with E-state index in [4.69, 9.17) is 0 Å². The molecule has 2 rings (SSSR count). The van der Waals surface area contributed by atoms with Crippen molar-refractivity contribution in [2.24, 2.45) is 0 Å². The Bertz CT molecular complexity index is 516.